The van der Waals surface area contributed by atoms with Gasteiger partial charge in [-0.15, -0.1) is 0 Å². The topological polar surface area (TPSA) is 55.4 Å². The second kappa shape index (κ2) is 10.1. The van der Waals surface area contributed by atoms with Crippen LogP contribution >= 0.6 is 12.2 Å². The molecule has 2 aromatic carbocycles. The van der Waals surface area contributed by atoms with E-state index >= 15 is 0 Å². The summed E-state index contributed by atoms with van der Waals surface area (Å²) in [7, 11) is 0. The molecular formula is C25H31N2O2S-. The molecule has 0 saturated heterocycles. The van der Waals surface area contributed by atoms with Gasteiger partial charge in [-0.25, -0.2) is 0 Å². The first-order valence-corrected chi connectivity index (χ1v) is 11.1. The van der Waals surface area contributed by atoms with Gasteiger partial charge in [0.25, 0.3) is 0 Å². The van der Waals surface area contributed by atoms with Crippen LogP contribution in [-0.2, 0) is 11.3 Å². The third kappa shape index (κ3) is 5.82. The summed E-state index contributed by atoms with van der Waals surface area (Å²) in [5.74, 6) is -0.772. The molecule has 2 aromatic rings. The largest absolute Gasteiger partial charge is 0.550 e. The standard InChI is InChI=1S/C25H32N2O2S/c1-17-8-9-19(3)23(14-17)26-25(30)27(16-22-7-5-4-6-18(22)2)15-20-10-12-21(13-11-20)24(28)29/h4-9,14,20-21H,10-13,15-16H2,1-3H3,(H,26,30)(H,28,29)/p-1. The summed E-state index contributed by atoms with van der Waals surface area (Å²) < 4.78 is 0. The number of carbonyl (C=O) groups is 1. The van der Waals surface area contributed by atoms with Crippen molar-refractivity contribution in [2.24, 2.45) is 11.8 Å². The Morgan fingerprint density at radius 1 is 1.07 bits per heavy atom. The number of carbonyl (C=O) groups excluding carboxylic acids is 1. The molecule has 160 valence electrons. The van der Waals surface area contributed by atoms with Gasteiger partial charge < -0.3 is 20.1 Å². The van der Waals surface area contributed by atoms with Gasteiger partial charge in [0, 0.05) is 24.7 Å². The summed E-state index contributed by atoms with van der Waals surface area (Å²) in [4.78, 5) is 13.4. The lowest BCUT2D eigenvalue weighted by Crippen LogP contribution is -2.40. The molecule has 5 heteroatoms. The normalized spacial score (nSPS) is 18.6. The van der Waals surface area contributed by atoms with Gasteiger partial charge in [-0.3, -0.25) is 0 Å². The molecule has 0 radical (unpaired) electrons. The minimum atomic E-state index is -0.905. The Labute approximate surface area is 185 Å². The molecule has 3 rings (SSSR count). The van der Waals surface area contributed by atoms with E-state index in [2.05, 4.69) is 73.5 Å². The smallest absolute Gasteiger partial charge is 0.173 e. The monoisotopic (exact) mass is 423 g/mol. The van der Waals surface area contributed by atoms with Gasteiger partial charge in [-0.05, 0) is 98.8 Å². The van der Waals surface area contributed by atoms with Crippen LogP contribution in [0.15, 0.2) is 42.5 Å². The van der Waals surface area contributed by atoms with Crippen LogP contribution in [-0.4, -0.2) is 22.5 Å². The molecule has 0 aromatic heterocycles. The number of thiocarbonyl (C=S) groups is 1. The highest BCUT2D eigenvalue weighted by molar-refractivity contribution is 7.80. The van der Waals surface area contributed by atoms with Crippen molar-refractivity contribution in [3.05, 3.63) is 64.7 Å². The lowest BCUT2D eigenvalue weighted by molar-refractivity contribution is -0.312. The highest BCUT2D eigenvalue weighted by Gasteiger charge is 2.25. The van der Waals surface area contributed by atoms with Gasteiger partial charge in [-0.1, -0.05) is 36.4 Å². The fourth-order valence-electron chi connectivity index (χ4n) is 4.17. The third-order valence-electron chi connectivity index (χ3n) is 6.20. The van der Waals surface area contributed by atoms with Crippen LogP contribution in [0.2, 0.25) is 0 Å². The van der Waals surface area contributed by atoms with Crippen LogP contribution < -0.4 is 10.4 Å². The molecule has 1 aliphatic rings. The van der Waals surface area contributed by atoms with E-state index in [1.54, 1.807) is 0 Å². The van der Waals surface area contributed by atoms with Crippen LogP contribution in [0.1, 0.15) is 47.9 Å². The molecule has 30 heavy (non-hydrogen) atoms. The first-order chi connectivity index (χ1) is 14.3. The molecule has 4 nitrogen and oxygen atoms in total. The van der Waals surface area contributed by atoms with Crippen LogP contribution in [0.25, 0.3) is 0 Å². The Hall–Kier alpha value is -2.40. The van der Waals surface area contributed by atoms with E-state index < -0.39 is 5.97 Å². The minimum absolute atomic E-state index is 0.300. The molecule has 0 unspecified atom stereocenters. The number of carboxylic acids is 1. The van der Waals surface area contributed by atoms with E-state index in [9.17, 15) is 9.90 Å². The van der Waals surface area contributed by atoms with Crippen LogP contribution in [0.4, 0.5) is 5.69 Å². The third-order valence-corrected chi connectivity index (χ3v) is 6.56. The van der Waals surface area contributed by atoms with Gasteiger partial charge in [-0.2, -0.15) is 0 Å². The van der Waals surface area contributed by atoms with Crippen LogP contribution in [0.3, 0.4) is 0 Å². The molecule has 1 N–H and O–H groups in total. The van der Waals surface area contributed by atoms with Crippen molar-refractivity contribution in [1.29, 1.82) is 0 Å². The summed E-state index contributed by atoms with van der Waals surface area (Å²) >= 11 is 5.85. The number of aryl methyl sites for hydroxylation is 3. The fourth-order valence-corrected chi connectivity index (χ4v) is 4.42. The van der Waals surface area contributed by atoms with Crippen molar-refractivity contribution in [1.82, 2.24) is 4.90 Å². The van der Waals surface area contributed by atoms with Gasteiger partial charge in [0.1, 0.15) is 0 Å². The van der Waals surface area contributed by atoms with Crippen molar-refractivity contribution in [2.45, 2.75) is 53.0 Å². The highest BCUT2D eigenvalue weighted by Crippen LogP contribution is 2.30. The Morgan fingerprint density at radius 3 is 2.43 bits per heavy atom. The van der Waals surface area contributed by atoms with Gasteiger partial charge in [0.05, 0.1) is 0 Å². The van der Waals surface area contributed by atoms with E-state index in [4.69, 9.17) is 12.2 Å². The van der Waals surface area contributed by atoms with Gasteiger partial charge in [0.15, 0.2) is 5.11 Å². The van der Waals surface area contributed by atoms with Crippen molar-refractivity contribution < 1.29 is 9.90 Å². The minimum Gasteiger partial charge on any atom is -0.550 e. The lowest BCUT2D eigenvalue weighted by Gasteiger charge is -2.35. The Kier molecular flexibility index (Phi) is 7.48. The number of benzene rings is 2. The predicted molar refractivity (Wildman–Crippen MR) is 124 cm³/mol. The number of hydrogen-bond donors (Lipinski definition) is 1. The quantitative estimate of drug-likeness (QED) is 0.700. The number of rotatable bonds is 6. The molecule has 0 bridgehead atoms. The molecule has 0 amide bonds. The molecule has 1 saturated carbocycles. The highest BCUT2D eigenvalue weighted by atomic mass is 32.1. The first-order valence-electron chi connectivity index (χ1n) is 10.7. The molecular weight excluding hydrogens is 392 g/mol. The van der Waals surface area contributed by atoms with E-state index in [-0.39, 0.29) is 5.92 Å². The number of nitrogens with zero attached hydrogens (tertiary/aromatic N) is 1. The summed E-state index contributed by atoms with van der Waals surface area (Å²) in [6.07, 6.45) is 3.19. The molecule has 0 atom stereocenters. The second-order valence-corrected chi connectivity index (χ2v) is 8.98. The zero-order valence-corrected chi connectivity index (χ0v) is 18.9. The number of anilines is 1. The Morgan fingerprint density at radius 2 is 1.77 bits per heavy atom. The first kappa shape index (κ1) is 22.3. The van der Waals surface area contributed by atoms with E-state index in [1.807, 2.05) is 0 Å². The summed E-state index contributed by atoms with van der Waals surface area (Å²) in [5, 5.41) is 15.4. The van der Waals surface area contributed by atoms with E-state index in [1.165, 1.54) is 16.7 Å². The number of nitrogens with one attached hydrogen (secondary N) is 1. The lowest BCUT2D eigenvalue weighted by atomic mass is 9.82. The average molecular weight is 424 g/mol. The average Bonchev–Trinajstić information content (AvgIpc) is 2.72. The van der Waals surface area contributed by atoms with Crippen LogP contribution in [0.5, 0.6) is 0 Å². The zero-order valence-electron chi connectivity index (χ0n) is 18.1. The Bertz CT molecular complexity index is 904. The van der Waals surface area contributed by atoms with Gasteiger partial charge >= 0.3 is 0 Å². The van der Waals surface area contributed by atoms with E-state index in [0.717, 1.165) is 37.2 Å². The van der Waals surface area contributed by atoms with Crippen molar-refractivity contribution in [2.75, 3.05) is 11.9 Å². The zero-order chi connectivity index (χ0) is 21.7. The molecule has 1 aliphatic carbocycles. The summed E-state index contributed by atoms with van der Waals surface area (Å²) in [6.45, 7) is 7.85. The van der Waals surface area contributed by atoms with E-state index in [0.29, 0.717) is 23.9 Å². The van der Waals surface area contributed by atoms with Crippen molar-refractivity contribution >= 4 is 29.0 Å². The Balaban J connectivity index is 1.75. The summed E-state index contributed by atoms with van der Waals surface area (Å²) in [6, 6.07) is 14.7. The maximum Gasteiger partial charge on any atom is 0.173 e. The maximum absolute atomic E-state index is 11.2. The van der Waals surface area contributed by atoms with Crippen molar-refractivity contribution in [3.8, 4) is 0 Å². The SMILES string of the molecule is Cc1ccc(C)c(NC(=S)N(Cc2ccccc2C)CC2CCC(C(=O)[O-])CC2)c1. The summed E-state index contributed by atoms with van der Waals surface area (Å²) in [5.41, 5.74) is 5.89. The maximum atomic E-state index is 11.2. The molecule has 1 fully saturated rings. The molecule has 0 heterocycles. The number of carboxylic acid groups (broad SMARTS) is 1. The van der Waals surface area contributed by atoms with Gasteiger partial charge in [0.2, 0.25) is 0 Å². The predicted octanol–water partition coefficient (Wildman–Crippen LogP) is 4.37. The van der Waals surface area contributed by atoms with Crippen molar-refractivity contribution in [3.63, 3.8) is 0 Å². The van der Waals surface area contributed by atoms with Crippen LogP contribution in [0, 0.1) is 32.6 Å². The number of aliphatic carboxylic acids is 1. The molecule has 0 spiro atoms. The fraction of sp³-hybridized carbons (Fsp3) is 0.440. The molecule has 0 aliphatic heterocycles. The second-order valence-electron chi connectivity index (χ2n) is 8.59. The number of hydrogen-bond acceptors (Lipinski definition) is 3.